The van der Waals surface area contributed by atoms with Crippen molar-refractivity contribution in [2.24, 2.45) is 5.92 Å². The predicted octanol–water partition coefficient (Wildman–Crippen LogP) is 4.90. The number of methoxy groups -OCH3 is 1. The summed E-state index contributed by atoms with van der Waals surface area (Å²) in [7, 11) is 1.64. The van der Waals surface area contributed by atoms with Crippen LogP contribution in [0.5, 0.6) is 0 Å². The number of nitrogens with one attached hydrogen (secondary N) is 1. The van der Waals surface area contributed by atoms with Crippen molar-refractivity contribution in [2.75, 3.05) is 30.2 Å². The molecule has 1 aliphatic heterocycles. The number of para-hydroxylation sites is 1. The zero-order valence-corrected chi connectivity index (χ0v) is 19.8. The fourth-order valence-corrected chi connectivity index (χ4v) is 4.01. The van der Waals surface area contributed by atoms with Gasteiger partial charge in [0.05, 0.1) is 11.9 Å². The molecule has 8 heteroatoms. The van der Waals surface area contributed by atoms with Gasteiger partial charge in [-0.3, -0.25) is 9.80 Å². The number of anilines is 3. The highest BCUT2D eigenvalue weighted by Gasteiger charge is 2.29. The summed E-state index contributed by atoms with van der Waals surface area (Å²) in [5.41, 5.74) is 3.81. The Morgan fingerprint density at radius 1 is 1.30 bits per heavy atom. The Hall–Kier alpha value is -3.39. The van der Waals surface area contributed by atoms with Gasteiger partial charge in [-0.1, -0.05) is 32.0 Å². The molecule has 3 aromatic rings. The molecule has 1 fully saturated rings. The molecule has 3 heterocycles. The van der Waals surface area contributed by atoms with E-state index in [1.807, 2.05) is 55.1 Å². The van der Waals surface area contributed by atoms with E-state index in [4.69, 9.17) is 14.1 Å². The molecule has 1 aliphatic rings. The largest absolute Gasteiger partial charge is 0.423 e. The van der Waals surface area contributed by atoms with Gasteiger partial charge in [0.2, 0.25) is 0 Å². The molecule has 174 valence electrons. The number of oxazole rings is 1. The number of pyridine rings is 1. The number of rotatable bonds is 8. The Kier molecular flexibility index (Phi) is 6.65. The molecule has 1 N–H and O–H groups in total. The topological polar surface area (TPSA) is 83.7 Å². The fraction of sp³-hybridized carbons (Fsp3) is 0.400. The number of hydrogen-bond donors (Lipinski definition) is 1. The lowest BCUT2D eigenvalue weighted by Gasteiger charge is -2.21. The lowest BCUT2D eigenvalue weighted by atomic mass is 10.1. The lowest BCUT2D eigenvalue weighted by Crippen LogP contribution is -2.29. The maximum atomic E-state index is 12.4. The number of benzene rings is 1. The minimum Gasteiger partial charge on any atom is -0.423 e. The van der Waals surface area contributed by atoms with E-state index in [0.717, 1.165) is 28.9 Å². The summed E-state index contributed by atoms with van der Waals surface area (Å²) in [5, 5.41) is 2.93. The van der Waals surface area contributed by atoms with E-state index in [2.05, 4.69) is 24.1 Å². The molecule has 0 bridgehead atoms. The summed E-state index contributed by atoms with van der Waals surface area (Å²) >= 11 is 0. The zero-order valence-electron chi connectivity index (χ0n) is 19.8. The number of aromatic nitrogens is 2. The Balaban J connectivity index is 1.72. The van der Waals surface area contributed by atoms with E-state index in [1.165, 1.54) is 0 Å². The van der Waals surface area contributed by atoms with Crippen LogP contribution >= 0.6 is 0 Å². The van der Waals surface area contributed by atoms with E-state index in [-0.39, 0.29) is 12.1 Å². The first-order valence-corrected chi connectivity index (χ1v) is 11.2. The van der Waals surface area contributed by atoms with Crippen LogP contribution < -0.4 is 15.1 Å². The second-order valence-electron chi connectivity index (χ2n) is 8.90. The Bertz CT molecular complexity index is 1130. The summed E-state index contributed by atoms with van der Waals surface area (Å²) < 4.78 is 11.6. The number of nitrogens with zero attached hydrogens (tertiary/aromatic N) is 4. The summed E-state index contributed by atoms with van der Waals surface area (Å²) in [4.78, 5) is 25.3. The summed E-state index contributed by atoms with van der Waals surface area (Å²) in [5.74, 6) is 1.66. The lowest BCUT2D eigenvalue weighted by molar-refractivity contribution is 0.202. The van der Waals surface area contributed by atoms with Crippen LogP contribution in [0.15, 0.2) is 47.0 Å². The van der Waals surface area contributed by atoms with Gasteiger partial charge >= 0.3 is 12.0 Å². The van der Waals surface area contributed by atoms with Gasteiger partial charge in [0.15, 0.2) is 5.76 Å². The number of carbonyl (C=O) groups excluding carboxylic acids is 1. The quantitative estimate of drug-likeness (QED) is 0.492. The van der Waals surface area contributed by atoms with Crippen LogP contribution in [0.2, 0.25) is 0 Å². The van der Waals surface area contributed by atoms with Crippen LogP contribution in [0.3, 0.4) is 0 Å². The molecule has 8 nitrogen and oxygen atoms in total. The third kappa shape index (κ3) is 5.01. The van der Waals surface area contributed by atoms with Crippen LogP contribution in [-0.4, -0.2) is 42.4 Å². The number of amides is 2. The van der Waals surface area contributed by atoms with E-state index < -0.39 is 0 Å². The molecule has 0 radical (unpaired) electrons. The van der Waals surface area contributed by atoms with Crippen molar-refractivity contribution in [1.29, 1.82) is 0 Å². The average Bonchev–Trinajstić information content (AvgIpc) is 3.38. The van der Waals surface area contributed by atoms with E-state index >= 15 is 0 Å². The van der Waals surface area contributed by atoms with Gasteiger partial charge in [-0.2, -0.15) is 0 Å². The second-order valence-corrected chi connectivity index (χ2v) is 8.90. The van der Waals surface area contributed by atoms with Gasteiger partial charge < -0.3 is 14.5 Å². The van der Waals surface area contributed by atoms with Crippen molar-refractivity contribution in [3.63, 3.8) is 0 Å². The van der Waals surface area contributed by atoms with E-state index in [0.29, 0.717) is 36.8 Å². The highest BCUT2D eigenvalue weighted by atomic mass is 16.5. The molecular weight excluding hydrogens is 418 g/mol. The van der Waals surface area contributed by atoms with Gasteiger partial charge in [0, 0.05) is 31.0 Å². The first-order chi connectivity index (χ1) is 15.9. The molecule has 0 aliphatic carbocycles. The number of ether oxygens (including phenoxy) is 1. The first-order valence-electron chi connectivity index (χ1n) is 11.2. The minimum absolute atomic E-state index is 0.0742. The molecule has 4 rings (SSSR count). The fourth-order valence-electron chi connectivity index (χ4n) is 4.01. The molecule has 2 amide bonds. The monoisotopic (exact) mass is 449 g/mol. The second kappa shape index (κ2) is 9.62. The molecule has 33 heavy (non-hydrogen) atoms. The third-order valence-electron chi connectivity index (χ3n) is 5.50. The van der Waals surface area contributed by atoms with E-state index in [1.54, 1.807) is 18.2 Å². The van der Waals surface area contributed by atoms with Crippen molar-refractivity contribution in [3.05, 3.63) is 53.9 Å². The van der Waals surface area contributed by atoms with Crippen molar-refractivity contribution in [2.45, 2.75) is 40.2 Å². The average molecular weight is 450 g/mol. The summed E-state index contributed by atoms with van der Waals surface area (Å²) in [6.45, 7) is 9.20. The maximum absolute atomic E-state index is 12.4. The zero-order chi connectivity index (χ0) is 23.5. The van der Waals surface area contributed by atoms with Crippen LogP contribution in [0.1, 0.15) is 32.0 Å². The van der Waals surface area contributed by atoms with Gasteiger partial charge in [0.25, 0.3) is 0 Å². The predicted molar refractivity (Wildman–Crippen MR) is 129 cm³/mol. The van der Waals surface area contributed by atoms with Gasteiger partial charge in [-0.15, -0.1) is 0 Å². The Morgan fingerprint density at radius 3 is 2.76 bits per heavy atom. The van der Waals surface area contributed by atoms with Crippen molar-refractivity contribution in [1.82, 2.24) is 15.3 Å². The number of aryl methyl sites for hydroxylation is 1. The van der Waals surface area contributed by atoms with Gasteiger partial charge in [-0.05, 0) is 49.9 Å². The normalized spacial score (nSPS) is 15.9. The van der Waals surface area contributed by atoms with Crippen LogP contribution in [0, 0.1) is 12.8 Å². The molecule has 0 saturated carbocycles. The first kappa shape index (κ1) is 22.8. The van der Waals surface area contributed by atoms with Gasteiger partial charge in [-0.25, -0.2) is 14.8 Å². The SMILES string of the molecule is COCN(c1ncc(-c2cc(CC(C)C)nc(N3CC(C)NC3=O)c2)o1)c1ccccc1C. The minimum atomic E-state index is -0.133. The smallest absolute Gasteiger partial charge is 0.323 e. The molecule has 1 unspecified atom stereocenters. The highest BCUT2D eigenvalue weighted by molar-refractivity contribution is 5.94. The van der Waals surface area contributed by atoms with Crippen molar-refractivity contribution in [3.8, 4) is 11.3 Å². The third-order valence-corrected chi connectivity index (χ3v) is 5.50. The highest BCUT2D eigenvalue weighted by Crippen LogP contribution is 2.33. The van der Waals surface area contributed by atoms with Crippen LogP contribution in [0.25, 0.3) is 11.3 Å². The van der Waals surface area contributed by atoms with Crippen molar-refractivity contribution < 1.29 is 13.9 Å². The maximum Gasteiger partial charge on any atom is 0.323 e. The van der Waals surface area contributed by atoms with Crippen LogP contribution in [0.4, 0.5) is 22.3 Å². The van der Waals surface area contributed by atoms with Gasteiger partial charge in [0.1, 0.15) is 12.5 Å². The Labute approximate surface area is 194 Å². The standard InChI is InChI=1S/C25H31N5O3/c1-16(2)10-20-11-19(12-23(28-20)29-14-18(4)27-24(29)31)22-13-26-25(33-22)30(15-32-5)21-9-7-6-8-17(21)3/h6-9,11-13,16,18H,10,14-15H2,1-5H3,(H,27,31). The molecule has 2 aromatic heterocycles. The summed E-state index contributed by atoms with van der Waals surface area (Å²) in [6.07, 6.45) is 2.51. The Morgan fingerprint density at radius 2 is 2.09 bits per heavy atom. The molecule has 1 saturated heterocycles. The number of urea groups is 1. The molecule has 1 aromatic carbocycles. The molecule has 0 spiro atoms. The molecular formula is C25H31N5O3. The van der Waals surface area contributed by atoms with E-state index in [9.17, 15) is 4.79 Å². The number of carbonyl (C=O) groups is 1. The number of hydrogen-bond acceptors (Lipinski definition) is 6. The van der Waals surface area contributed by atoms with Crippen LogP contribution in [-0.2, 0) is 11.2 Å². The van der Waals surface area contributed by atoms with Crippen molar-refractivity contribution >= 4 is 23.6 Å². The molecule has 1 atom stereocenters. The summed E-state index contributed by atoms with van der Waals surface area (Å²) in [6, 6.07) is 12.3.